The average Bonchev–Trinajstić information content (AvgIpc) is 3.01. The van der Waals surface area contributed by atoms with E-state index in [9.17, 15) is 0 Å². The van der Waals surface area contributed by atoms with Gasteiger partial charge in [0.2, 0.25) is 5.89 Å². The quantitative estimate of drug-likeness (QED) is 0.559. The summed E-state index contributed by atoms with van der Waals surface area (Å²) in [6, 6.07) is 24.0. The van der Waals surface area contributed by atoms with Crippen LogP contribution in [-0.4, -0.2) is 4.98 Å². The van der Waals surface area contributed by atoms with E-state index in [0.717, 1.165) is 28.6 Å². The predicted molar refractivity (Wildman–Crippen MR) is 93.1 cm³/mol. The van der Waals surface area contributed by atoms with Crippen molar-refractivity contribution in [1.82, 2.24) is 4.98 Å². The smallest absolute Gasteiger partial charge is 0.227 e. The lowest BCUT2D eigenvalue weighted by atomic mass is 10.0. The summed E-state index contributed by atoms with van der Waals surface area (Å²) >= 11 is 0. The summed E-state index contributed by atoms with van der Waals surface area (Å²) in [6.45, 7) is 0. The molecule has 3 aromatic carbocycles. The van der Waals surface area contributed by atoms with E-state index in [2.05, 4.69) is 23.2 Å². The summed E-state index contributed by atoms with van der Waals surface area (Å²) in [4.78, 5) is 4.60. The summed E-state index contributed by atoms with van der Waals surface area (Å²) in [5.74, 6) is 0.604. The largest absolute Gasteiger partial charge is 0.436 e. The molecule has 112 valence electrons. The molecule has 1 aromatic heterocycles. The van der Waals surface area contributed by atoms with E-state index in [0.29, 0.717) is 11.6 Å². The molecule has 1 heterocycles. The van der Waals surface area contributed by atoms with Crippen molar-refractivity contribution in [2.24, 2.45) is 0 Å². The maximum atomic E-state index is 6.05. The van der Waals surface area contributed by atoms with Gasteiger partial charge in [-0.05, 0) is 29.8 Å². The van der Waals surface area contributed by atoms with Crippen molar-refractivity contribution in [2.45, 2.75) is 6.42 Å². The topological polar surface area (TPSA) is 52.0 Å². The minimum absolute atomic E-state index is 0.604. The van der Waals surface area contributed by atoms with Crippen molar-refractivity contribution >= 4 is 16.8 Å². The molecule has 4 aromatic rings. The Kier molecular flexibility index (Phi) is 3.31. The monoisotopic (exact) mass is 300 g/mol. The van der Waals surface area contributed by atoms with Crippen molar-refractivity contribution in [3.8, 4) is 11.5 Å². The van der Waals surface area contributed by atoms with Crippen molar-refractivity contribution in [1.29, 1.82) is 0 Å². The van der Waals surface area contributed by atoms with Crippen molar-refractivity contribution in [2.75, 3.05) is 5.73 Å². The van der Waals surface area contributed by atoms with Gasteiger partial charge in [-0.1, -0.05) is 48.5 Å². The lowest BCUT2D eigenvalue weighted by Gasteiger charge is -2.02. The Morgan fingerprint density at radius 1 is 0.870 bits per heavy atom. The van der Waals surface area contributed by atoms with Crippen LogP contribution in [0.25, 0.3) is 22.6 Å². The Labute approximate surface area is 134 Å². The highest BCUT2D eigenvalue weighted by Crippen LogP contribution is 2.28. The predicted octanol–water partition coefficient (Wildman–Crippen LogP) is 4.67. The zero-order valence-corrected chi connectivity index (χ0v) is 12.6. The molecule has 4 rings (SSSR count). The van der Waals surface area contributed by atoms with Gasteiger partial charge in [-0.3, -0.25) is 0 Å². The third-order valence-electron chi connectivity index (χ3n) is 3.87. The number of nitrogens with zero attached hydrogens (tertiary/aromatic N) is 1. The van der Waals surface area contributed by atoms with E-state index >= 15 is 0 Å². The molecular formula is C20H16N2O. The number of oxazole rings is 1. The number of para-hydroxylation sites is 1. The van der Waals surface area contributed by atoms with Crippen LogP contribution >= 0.6 is 0 Å². The summed E-state index contributed by atoms with van der Waals surface area (Å²) in [7, 11) is 0. The molecule has 0 aliphatic heterocycles. The van der Waals surface area contributed by atoms with Crippen LogP contribution in [0.1, 0.15) is 11.1 Å². The van der Waals surface area contributed by atoms with Gasteiger partial charge >= 0.3 is 0 Å². The van der Waals surface area contributed by atoms with E-state index in [1.165, 1.54) is 5.56 Å². The van der Waals surface area contributed by atoms with Gasteiger partial charge in [-0.25, -0.2) is 4.98 Å². The minimum Gasteiger partial charge on any atom is -0.436 e. The average molecular weight is 300 g/mol. The molecule has 0 radical (unpaired) electrons. The molecule has 0 atom stereocenters. The first-order valence-corrected chi connectivity index (χ1v) is 7.58. The molecule has 3 nitrogen and oxygen atoms in total. The summed E-state index contributed by atoms with van der Waals surface area (Å²) in [6.07, 6.45) is 0.823. The molecule has 2 N–H and O–H groups in total. The number of fused-ring (bicyclic) bond motifs is 1. The van der Waals surface area contributed by atoms with E-state index in [-0.39, 0.29) is 0 Å². The van der Waals surface area contributed by atoms with Crippen molar-refractivity contribution in [3.05, 3.63) is 83.9 Å². The number of hydrogen-bond acceptors (Lipinski definition) is 3. The number of rotatable bonds is 3. The SMILES string of the molecule is Nc1cccc(-c2nc3cccc(Cc4ccccc4)c3o2)c1. The first-order chi connectivity index (χ1) is 11.3. The van der Waals surface area contributed by atoms with Crippen LogP contribution < -0.4 is 5.73 Å². The van der Waals surface area contributed by atoms with Gasteiger partial charge in [-0.2, -0.15) is 0 Å². The first kappa shape index (κ1) is 13.6. The molecule has 0 saturated carbocycles. The lowest BCUT2D eigenvalue weighted by Crippen LogP contribution is -1.87. The number of aromatic nitrogens is 1. The van der Waals surface area contributed by atoms with Gasteiger partial charge in [0.25, 0.3) is 0 Å². The van der Waals surface area contributed by atoms with Crippen LogP contribution in [0.3, 0.4) is 0 Å². The Balaban J connectivity index is 1.78. The fraction of sp³-hybridized carbons (Fsp3) is 0.0500. The molecule has 0 bridgehead atoms. The Bertz CT molecular complexity index is 958. The van der Waals surface area contributed by atoms with Crippen LogP contribution in [0.4, 0.5) is 5.69 Å². The molecule has 0 spiro atoms. The zero-order chi connectivity index (χ0) is 15.6. The molecular weight excluding hydrogens is 284 g/mol. The first-order valence-electron chi connectivity index (χ1n) is 7.58. The molecule has 0 aliphatic rings. The van der Waals surface area contributed by atoms with E-state index in [4.69, 9.17) is 10.2 Å². The standard InChI is InChI=1S/C20H16N2O/c21-17-10-4-9-16(13-17)20-22-18-11-5-8-15(19(18)23-20)12-14-6-2-1-3-7-14/h1-11,13H,12,21H2. The number of nitrogens with two attached hydrogens (primary N) is 1. The minimum atomic E-state index is 0.604. The highest BCUT2D eigenvalue weighted by Gasteiger charge is 2.12. The van der Waals surface area contributed by atoms with Crippen LogP contribution in [0, 0.1) is 0 Å². The molecule has 0 aliphatic carbocycles. The van der Waals surface area contributed by atoms with Gasteiger partial charge in [-0.15, -0.1) is 0 Å². The van der Waals surface area contributed by atoms with Gasteiger partial charge in [0.05, 0.1) is 0 Å². The Morgan fingerprint density at radius 2 is 1.70 bits per heavy atom. The second-order valence-corrected chi connectivity index (χ2v) is 5.57. The maximum absolute atomic E-state index is 6.05. The summed E-state index contributed by atoms with van der Waals surface area (Å²) in [5, 5.41) is 0. The van der Waals surface area contributed by atoms with Crippen molar-refractivity contribution in [3.63, 3.8) is 0 Å². The molecule has 23 heavy (non-hydrogen) atoms. The maximum Gasteiger partial charge on any atom is 0.227 e. The van der Waals surface area contributed by atoms with Gasteiger partial charge in [0, 0.05) is 23.2 Å². The number of nitrogen functional groups attached to an aromatic ring is 1. The van der Waals surface area contributed by atoms with Crippen LogP contribution in [0.5, 0.6) is 0 Å². The van der Waals surface area contributed by atoms with E-state index in [1.807, 2.05) is 54.6 Å². The third-order valence-corrected chi connectivity index (χ3v) is 3.87. The molecule has 0 amide bonds. The number of anilines is 1. The van der Waals surface area contributed by atoms with Crippen LogP contribution in [0.15, 0.2) is 77.2 Å². The normalized spacial score (nSPS) is 11.0. The summed E-state index contributed by atoms with van der Waals surface area (Å²) < 4.78 is 6.05. The number of hydrogen-bond donors (Lipinski definition) is 1. The lowest BCUT2D eigenvalue weighted by molar-refractivity contribution is 0.616. The Hall–Kier alpha value is -3.07. The van der Waals surface area contributed by atoms with Crippen LogP contribution in [0.2, 0.25) is 0 Å². The van der Waals surface area contributed by atoms with E-state index in [1.54, 1.807) is 0 Å². The van der Waals surface area contributed by atoms with Gasteiger partial charge in [0.15, 0.2) is 5.58 Å². The fourth-order valence-corrected chi connectivity index (χ4v) is 2.76. The highest BCUT2D eigenvalue weighted by atomic mass is 16.3. The van der Waals surface area contributed by atoms with E-state index < -0.39 is 0 Å². The molecule has 0 fully saturated rings. The van der Waals surface area contributed by atoms with Crippen LogP contribution in [-0.2, 0) is 6.42 Å². The third kappa shape index (κ3) is 2.69. The fourth-order valence-electron chi connectivity index (χ4n) is 2.76. The Morgan fingerprint density at radius 3 is 2.52 bits per heavy atom. The second-order valence-electron chi connectivity index (χ2n) is 5.57. The summed E-state index contributed by atoms with van der Waals surface area (Å²) in [5.41, 5.74) is 11.6. The molecule has 0 saturated heterocycles. The van der Waals surface area contributed by atoms with Gasteiger partial charge < -0.3 is 10.2 Å². The second kappa shape index (κ2) is 5.61. The molecule has 3 heteroatoms. The number of benzene rings is 3. The highest BCUT2D eigenvalue weighted by molar-refractivity contribution is 5.80. The zero-order valence-electron chi connectivity index (χ0n) is 12.6. The van der Waals surface area contributed by atoms with Crippen molar-refractivity contribution < 1.29 is 4.42 Å². The molecule has 0 unspecified atom stereocenters. The van der Waals surface area contributed by atoms with Gasteiger partial charge in [0.1, 0.15) is 5.52 Å².